The van der Waals surface area contributed by atoms with Gasteiger partial charge in [0.05, 0.1) is 13.2 Å². The van der Waals surface area contributed by atoms with Gasteiger partial charge in [-0.2, -0.15) is 0 Å². The number of benzene rings is 1. The number of hydrogen-bond donors (Lipinski definition) is 1. The molecule has 1 unspecified atom stereocenters. The van der Waals surface area contributed by atoms with E-state index in [1.165, 1.54) is 0 Å². The highest BCUT2D eigenvalue weighted by atomic mass is 32.1. The second kappa shape index (κ2) is 7.65. The number of aryl methyl sites for hydroxylation is 1. The highest BCUT2D eigenvalue weighted by Crippen LogP contribution is 2.35. The fourth-order valence-electron chi connectivity index (χ4n) is 3.96. The topological polar surface area (TPSA) is 63.6 Å². The van der Waals surface area contributed by atoms with Gasteiger partial charge < -0.3 is 19.5 Å². The van der Waals surface area contributed by atoms with Gasteiger partial charge in [0.1, 0.15) is 16.1 Å². The van der Waals surface area contributed by atoms with Gasteiger partial charge in [0.2, 0.25) is 5.91 Å². The monoisotopic (exact) mass is 411 g/mol. The summed E-state index contributed by atoms with van der Waals surface area (Å²) in [4.78, 5) is 29.5. The normalized spacial score (nSPS) is 18.9. The molecule has 0 bridgehead atoms. The molecule has 0 spiro atoms. The van der Waals surface area contributed by atoms with Crippen molar-refractivity contribution in [1.82, 2.24) is 14.8 Å². The second-order valence-corrected chi connectivity index (χ2v) is 8.59. The highest BCUT2D eigenvalue weighted by molar-refractivity contribution is 7.16. The van der Waals surface area contributed by atoms with Gasteiger partial charge in [0, 0.05) is 25.6 Å². The summed E-state index contributed by atoms with van der Waals surface area (Å²) in [6, 6.07) is 12.0. The third kappa shape index (κ3) is 3.45. The Balaban J connectivity index is 1.75. The van der Waals surface area contributed by atoms with Crippen LogP contribution in [0.1, 0.15) is 28.5 Å². The fourth-order valence-corrected chi connectivity index (χ4v) is 4.85. The lowest BCUT2D eigenvalue weighted by atomic mass is 9.93. The predicted molar refractivity (Wildman–Crippen MR) is 114 cm³/mol. The molecule has 2 aromatic heterocycles. The van der Waals surface area contributed by atoms with Gasteiger partial charge in [-0.15, -0.1) is 11.3 Å². The first kappa shape index (κ1) is 19.7. The van der Waals surface area contributed by atoms with E-state index in [2.05, 4.69) is 11.4 Å². The van der Waals surface area contributed by atoms with Crippen molar-refractivity contribution >= 4 is 33.4 Å². The van der Waals surface area contributed by atoms with E-state index in [1.807, 2.05) is 54.1 Å². The molecule has 1 aliphatic rings. The molecule has 0 radical (unpaired) electrons. The van der Waals surface area contributed by atoms with E-state index in [4.69, 9.17) is 4.74 Å². The van der Waals surface area contributed by atoms with Crippen molar-refractivity contribution in [3.63, 3.8) is 0 Å². The minimum absolute atomic E-state index is 0.120. The molecule has 29 heavy (non-hydrogen) atoms. The molecule has 3 aromatic rings. The number of carbonyl (C=O) groups is 2. The number of nitrogens with zero attached hydrogens (tertiary/aromatic N) is 2. The zero-order valence-corrected chi connectivity index (χ0v) is 17.7. The molecule has 0 aliphatic carbocycles. The minimum atomic E-state index is -1.00. The molecule has 0 fully saturated rings. The summed E-state index contributed by atoms with van der Waals surface area (Å²) in [7, 11) is 1.60. The molecular formula is C22H25N3O3S. The van der Waals surface area contributed by atoms with Crippen molar-refractivity contribution in [2.24, 2.45) is 0 Å². The van der Waals surface area contributed by atoms with Gasteiger partial charge in [0.15, 0.2) is 0 Å². The molecule has 4 rings (SSSR count). The first-order chi connectivity index (χ1) is 13.9. The zero-order chi connectivity index (χ0) is 20.6. The molecule has 0 saturated heterocycles. The predicted octanol–water partition coefficient (Wildman–Crippen LogP) is 3.19. The van der Waals surface area contributed by atoms with Crippen LogP contribution >= 0.6 is 11.3 Å². The van der Waals surface area contributed by atoms with E-state index in [0.29, 0.717) is 31.9 Å². The average Bonchev–Trinajstić information content (AvgIpc) is 3.28. The van der Waals surface area contributed by atoms with E-state index in [0.717, 1.165) is 21.3 Å². The lowest BCUT2D eigenvalue weighted by molar-refractivity contribution is -0.133. The maximum atomic E-state index is 13.5. The SMILES string of the molecule is COCCNC(=O)C1(C)Cn2c(cc3ccsc32)C(=O)N1Cc1cccc(C)c1. The van der Waals surface area contributed by atoms with Gasteiger partial charge in [-0.25, -0.2) is 0 Å². The summed E-state index contributed by atoms with van der Waals surface area (Å²) in [5.74, 6) is -0.287. The van der Waals surface area contributed by atoms with E-state index < -0.39 is 5.54 Å². The Morgan fingerprint density at radius 3 is 2.90 bits per heavy atom. The summed E-state index contributed by atoms with van der Waals surface area (Å²) < 4.78 is 7.05. The molecule has 3 heterocycles. The Hall–Kier alpha value is -2.64. The van der Waals surface area contributed by atoms with E-state index in [-0.39, 0.29) is 11.8 Å². The minimum Gasteiger partial charge on any atom is -0.383 e. The highest BCUT2D eigenvalue weighted by Gasteiger charge is 2.47. The molecule has 1 aliphatic heterocycles. The van der Waals surface area contributed by atoms with Gasteiger partial charge in [0.25, 0.3) is 5.91 Å². The Bertz CT molecular complexity index is 1070. The number of fused-ring (bicyclic) bond motifs is 3. The van der Waals surface area contributed by atoms with Crippen LogP contribution in [0.3, 0.4) is 0 Å². The van der Waals surface area contributed by atoms with Crippen LogP contribution in [-0.4, -0.2) is 47.1 Å². The van der Waals surface area contributed by atoms with Crippen molar-refractivity contribution in [3.8, 4) is 0 Å². The lowest BCUT2D eigenvalue weighted by Gasteiger charge is -2.44. The molecule has 152 valence electrons. The zero-order valence-electron chi connectivity index (χ0n) is 16.9. The van der Waals surface area contributed by atoms with Gasteiger partial charge in [-0.1, -0.05) is 29.8 Å². The number of thiophene rings is 1. The Morgan fingerprint density at radius 2 is 2.14 bits per heavy atom. The molecule has 1 atom stereocenters. The number of nitrogens with one attached hydrogen (secondary N) is 1. The third-order valence-corrected chi connectivity index (χ3v) is 6.48. The number of carbonyl (C=O) groups excluding carboxylic acids is 2. The van der Waals surface area contributed by atoms with Gasteiger partial charge in [-0.3, -0.25) is 9.59 Å². The molecular weight excluding hydrogens is 386 g/mol. The number of rotatable bonds is 6. The quantitative estimate of drug-likeness (QED) is 0.634. The van der Waals surface area contributed by atoms with Gasteiger partial charge >= 0.3 is 0 Å². The van der Waals surface area contributed by atoms with Crippen LogP contribution in [0.5, 0.6) is 0 Å². The number of methoxy groups -OCH3 is 1. The number of aromatic nitrogens is 1. The second-order valence-electron chi connectivity index (χ2n) is 7.70. The van der Waals surface area contributed by atoms with Crippen LogP contribution in [0.2, 0.25) is 0 Å². The van der Waals surface area contributed by atoms with Crippen molar-refractivity contribution < 1.29 is 14.3 Å². The first-order valence-electron chi connectivity index (χ1n) is 9.65. The molecule has 0 saturated carbocycles. The van der Waals surface area contributed by atoms with Crippen molar-refractivity contribution in [2.45, 2.75) is 32.5 Å². The molecule has 1 N–H and O–H groups in total. The van der Waals surface area contributed by atoms with Crippen molar-refractivity contribution in [3.05, 3.63) is 58.6 Å². The molecule has 2 amide bonds. The van der Waals surface area contributed by atoms with Gasteiger partial charge in [-0.05, 0) is 36.9 Å². The lowest BCUT2D eigenvalue weighted by Crippen LogP contribution is -2.63. The number of ether oxygens (including phenoxy) is 1. The molecule has 7 heteroatoms. The standard InChI is InChI=1S/C22H25N3O3S/c1-15-5-4-6-16(11-15)13-25-19(26)18-12-17-7-10-29-20(17)24(18)14-22(25,2)21(27)23-8-9-28-3/h4-7,10-12H,8-9,13-14H2,1-3H3,(H,23,27). The van der Waals surface area contributed by atoms with Crippen LogP contribution in [-0.2, 0) is 22.6 Å². The maximum absolute atomic E-state index is 13.5. The van der Waals surface area contributed by atoms with Crippen molar-refractivity contribution in [2.75, 3.05) is 20.3 Å². The summed E-state index contributed by atoms with van der Waals surface area (Å²) in [5, 5.41) is 5.99. The molecule has 1 aromatic carbocycles. The van der Waals surface area contributed by atoms with E-state index in [1.54, 1.807) is 23.3 Å². The molecule has 6 nitrogen and oxygen atoms in total. The summed E-state index contributed by atoms with van der Waals surface area (Å²) in [5.41, 5.74) is 1.78. The Morgan fingerprint density at radius 1 is 1.31 bits per heavy atom. The largest absolute Gasteiger partial charge is 0.383 e. The van der Waals surface area contributed by atoms with Crippen LogP contribution in [0.4, 0.5) is 0 Å². The summed E-state index contributed by atoms with van der Waals surface area (Å²) in [6.45, 7) is 5.51. The van der Waals surface area contributed by atoms with Crippen LogP contribution in [0.15, 0.2) is 41.8 Å². The van der Waals surface area contributed by atoms with Crippen LogP contribution in [0.25, 0.3) is 10.2 Å². The van der Waals surface area contributed by atoms with Crippen molar-refractivity contribution in [1.29, 1.82) is 0 Å². The van der Waals surface area contributed by atoms with Crippen LogP contribution < -0.4 is 5.32 Å². The maximum Gasteiger partial charge on any atom is 0.271 e. The Kier molecular flexibility index (Phi) is 5.19. The van der Waals surface area contributed by atoms with Crippen LogP contribution in [0, 0.1) is 6.92 Å². The van der Waals surface area contributed by atoms with E-state index >= 15 is 0 Å². The number of hydrogen-bond acceptors (Lipinski definition) is 4. The summed E-state index contributed by atoms with van der Waals surface area (Å²) >= 11 is 1.59. The fraction of sp³-hybridized carbons (Fsp3) is 0.364. The smallest absolute Gasteiger partial charge is 0.271 e. The Labute approximate surface area is 174 Å². The first-order valence-corrected chi connectivity index (χ1v) is 10.5. The average molecular weight is 412 g/mol. The third-order valence-electron chi connectivity index (χ3n) is 5.53. The summed E-state index contributed by atoms with van der Waals surface area (Å²) in [6.07, 6.45) is 0. The number of amides is 2. The van der Waals surface area contributed by atoms with E-state index in [9.17, 15) is 9.59 Å².